The summed E-state index contributed by atoms with van der Waals surface area (Å²) in [5, 5.41) is 0. The van der Waals surface area contributed by atoms with Gasteiger partial charge in [0.1, 0.15) is 11.6 Å². The Hall–Kier alpha value is -3.62. The lowest BCUT2D eigenvalue weighted by molar-refractivity contribution is -0.125. The molecule has 0 saturated carbocycles. The van der Waals surface area contributed by atoms with Crippen LogP contribution in [0.3, 0.4) is 0 Å². The third kappa shape index (κ3) is 4.35. The zero-order valence-electron chi connectivity index (χ0n) is 19.5. The molecule has 0 radical (unpaired) electrons. The van der Waals surface area contributed by atoms with Crippen LogP contribution in [-0.4, -0.2) is 79.0 Å². The number of imide groups is 1. The zero-order valence-corrected chi connectivity index (χ0v) is 19.5. The van der Waals surface area contributed by atoms with Crippen molar-refractivity contribution >= 4 is 29.4 Å². The van der Waals surface area contributed by atoms with Gasteiger partial charge in [-0.25, -0.2) is 9.78 Å². The molecule has 9 nitrogen and oxygen atoms in total. The second-order valence-electron chi connectivity index (χ2n) is 8.42. The summed E-state index contributed by atoms with van der Waals surface area (Å²) in [5.41, 5.74) is 3.31. The molecule has 2 aliphatic rings. The van der Waals surface area contributed by atoms with Crippen LogP contribution in [0, 0.1) is 13.8 Å². The van der Waals surface area contributed by atoms with Crippen LogP contribution in [-0.2, 0) is 4.79 Å². The standard InChI is InChI=1S/C24H29N5O4/c1-16-13-17(2)22(25-15-16)26-7-9-27(10-8-26)23(31)20-6-5-19(14-21(20)33-4)29-12-11-28(18(3)30)24(29)32/h5-6,13-15H,7-12H2,1-4H3. The highest BCUT2D eigenvalue weighted by Crippen LogP contribution is 2.29. The number of nitrogens with zero attached hydrogens (tertiary/aromatic N) is 5. The number of piperazine rings is 1. The van der Waals surface area contributed by atoms with Gasteiger partial charge in [-0.2, -0.15) is 0 Å². The smallest absolute Gasteiger partial charge is 0.331 e. The molecule has 0 aliphatic carbocycles. The minimum absolute atomic E-state index is 0.107. The number of hydrogen-bond acceptors (Lipinski definition) is 6. The van der Waals surface area contributed by atoms with Crippen LogP contribution in [0.2, 0.25) is 0 Å². The number of methoxy groups -OCH3 is 1. The van der Waals surface area contributed by atoms with Crippen LogP contribution in [0.15, 0.2) is 30.5 Å². The number of aromatic nitrogens is 1. The molecule has 2 saturated heterocycles. The maximum Gasteiger partial charge on any atom is 0.331 e. The van der Waals surface area contributed by atoms with Gasteiger partial charge >= 0.3 is 6.03 Å². The fraction of sp³-hybridized carbons (Fsp3) is 0.417. The number of carbonyl (C=O) groups is 3. The first-order valence-electron chi connectivity index (χ1n) is 11.0. The normalized spacial score (nSPS) is 16.4. The van der Waals surface area contributed by atoms with Gasteiger partial charge in [0.15, 0.2) is 0 Å². The summed E-state index contributed by atoms with van der Waals surface area (Å²) in [6, 6.07) is 6.86. The number of hydrogen-bond donors (Lipinski definition) is 0. The molecule has 4 amide bonds. The highest BCUT2D eigenvalue weighted by atomic mass is 16.5. The molecule has 2 aliphatic heterocycles. The average molecular weight is 452 g/mol. The van der Waals surface area contributed by atoms with Crippen LogP contribution < -0.4 is 14.5 Å². The molecule has 0 atom stereocenters. The first kappa shape index (κ1) is 22.6. The van der Waals surface area contributed by atoms with E-state index in [0.29, 0.717) is 56.3 Å². The maximum atomic E-state index is 13.3. The van der Waals surface area contributed by atoms with Gasteiger partial charge in [-0.1, -0.05) is 6.07 Å². The van der Waals surface area contributed by atoms with Crippen molar-refractivity contribution in [2.75, 3.05) is 56.2 Å². The highest BCUT2D eigenvalue weighted by Gasteiger charge is 2.33. The fourth-order valence-electron chi connectivity index (χ4n) is 4.42. The van der Waals surface area contributed by atoms with Crippen LogP contribution in [0.5, 0.6) is 5.75 Å². The van der Waals surface area contributed by atoms with E-state index in [4.69, 9.17) is 4.74 Å². The van der Waals surface area contributed by atoms with Gasteiger partial charge in [-0.05, 0) is 37.1 Å². The fourth-order valence-corrected chi connectivity index (χ4v) is 4.42. The van der Waals surface area contributed by atoms with Crippen molar-refractivity contribution in [3.63, 3.8) is 0 Å². The van der Waals surface area contributed by atoms with Crippen LogP contribution in [0.4, 0.5) is 16.3 Å². The number of benzene rings is 1. The van der Waals surface area contributed by atoms with E-state index in [1.165, 1.54) is 23.8 Å². The van der Waals surface area contributed by atoms with Crippen molar-refractivity contribution in [3.05, 3.63) is 47.2 Å². The zero-order chi connectivity index (χ0) is 23.7. The molecule has 33 heavy (non-hydrogen) atoms. The van der Waals surface area contributed by atoms with Gasteiger partial charge in [0, 0.05) is 64.1 Å². The Bertz CT molecular complexity index is 1090. The summed E-state index contributed by atoms with van der Waals surface area (Å²) in [6.45, 7) is 8.77. The number of carbonyl (C=O) groups excluding carboxylic acids is 3. The number of rotatable bonds is 4. The first-order chi connectivity index (χ1) is 15.8. The summed E-state index contributed by atoms with van der Waals surface area (Å²) < 4.78 is 5.50. The van der Waals surface area contributed by atoms with Crippen LogP contribution >= 0.6 is 0 Å². The third-order valence-electron chi connectivity index (χ3n) is 6.17. The summed E-state index contributed by atoms with van der Waals surface area (Å²) in [7, 11) is 1.51. The molecule has 2 aromatic rings. The number of anilines is 2. The number of amides is 4. The molecule has 0 unspecified atom stereocenters. The van der Waals surface area contributed by atoms with Gasteiger partial charge in [-0.15, -0.1) is 0 Å². The molecular weight excluding hydrogens is 422 g/mol. The number of pyridine rings is 1. The summed E-state index contributed by atoms with van der Waals surface area (Å²) in [4.78, 5) is 48.7. The van der Waals surface area contributed by atoms with Gasteiger partial charge in [0.2, 0.25) is 5.91 Å². The Morgan fingerprint density at radius 1 is 1.00 bits per heavy atom. The van der Waals surface area contributed by atoms with E-state index in [9.17, 15) is 14.4 Å². The van der Waals surface area contributed by atoms with Gasteiger partial charge in [-0.3, -0.25) is 19.4 Å². The maximum absolute atomic E-state index is 13.3. The van der Waals surface area contributed by atoms with Crippen molar-refractivity contribution < 1.29 is 19.1 Å². The lowest BCUT2D eigenvalue weighted by atomic mass is 10.1. The minimum atomic E-state index is -0.361. The van der Waals surface area contributed by atoms with Crippen LogP contribution in [0.1, 0.15) is 28.4 Å². The van der Waals surface area contributed by atoms with Crippen molar-refractivity contribution in [1.82, 2.24) is 14.8 Å². The number of aryl methyl sites for hydroxylation is 2. The predicted octanol–water partition coefficient (Wildman–Crippen LogP) is 2.46. The van der Waals surface area contributed by atoms with Crippen molar-refractivity contribution in [2.24, 2.45) is 0 Å². The van der Waals surface area contributed by atoms with Gasteiger partial charge in [0.25, 0.3) is 5.91 Å². The number of urea groups is 1. The average Bonchev–Trinajstić information content (AvgIpc) is 3.20. The Kier molecular flexibility index (Phi) is 6.22. The third-order valence-corrected chi connectivity index (χ3v) is 6.17. The van der Waals surface area contributed by atoms with E-state index < -0.39 is 0 Å². The van der Waals surface area contributed by atoms with Crippen molar-refractivity contribution in [2.45, 2.75) is 20.8 Å². The van der Waals surface area contributed by atoms with E-state index in [0.717, 1.165) is 16.9 Å². The van der Waals surface area contributed by atoms with E-state index in [-0.39, 0.29) is 17.8 Å². The van der Waals surface area contributed by atoms with E-state index in [1.54, 1.807) is 18.2 Å². The molecule has 1 aromatic carbocycles. The number of ether oxygens (including phenoxy) is 1. The molecule has 4 rings (SSSR count). The molecule has 0 bridgehead atoms. The summed E-state index contributed by atoms with van der Waals surface area (Å²) >= 11 is 0. The van der Waals surface area contributed by atoms with Gasteiger partial charge < -0.3 is 14.5 Å². The SMILES string of the molecule is COc1cc(N2CCN(C(C)=O)C2=O)ccc1C(=O)N1CCN(c2ncc(C)cc2C)CC1. The Morgan fingerprint density at radius 2 is 1.73 bits per heavy atom. The first-order valence-corrected chi connectivity index (χ1v) is 11.0. The summed E-state index contributed by atoms with van der Waals surface area (Å²) in [6.07, 6.45) is 1.87. The van der Waals surface area contributed by atoms with Crippen molar-refractivity contribution in [1.29, 1.82) is 0 Å². The Balaban J connectivity index is 1.46. The Morgan fingerprint density at radius 3 is 2.33 bits per heavy atom. The van der Waals surface area contributed by atoms with E-state index >= 15 is 0 Å². The second-order valence-corrected chi connectivity index (χ2v) is 8.42. The molecular formula is C24H29N5O4. The largest absolute Gasteiger partial charge is 0.496 e. The van der Waals surface area contributed by atoms with Gasteiger partial charge in [0.05, 0.1) is 12.7 Å². The minimum Gasteiger partial charge on any atom is -0.496 e. The molecule has 0 spiro atoms. The molecule has 1 aromatic heterocycles. The van der Waals surface area contributed by atoms with Crippen molar-refractivity contribution in [3.8, 4) is 5.75 Å². The van der Waals surface area contributed by atoms with Crippen LogP contribution in [0.25, 0.3) is 0 Å². The monoisotopic (exact) mass is 451 g/mol. The quantitative estimate of drug-likeness (QED) is 0.710. The Labute approximate surface area is 193 Å². The predicted molar refractivity (Wildman–Crippen MR) is 125 cm³/mol. The molecule has 9 heteroatoms. The topological polar surface area (TPSA) is 86.3 Å². The lowest BCUT2D eigenvalue weighted by Gasteiger charge is -2.36. The molecule has 174 valence electrons. The van der Waals surface area contributed by atoms with E-state index in [2.05, 4.69) is 22.9 Å². The molecule has 3 heterocycles. The summed E-state index contributed by atoms with van der Waals surface area (Å²) in [5.74, 6) is 0.982. The lowest BCUT2D eigenvalue weighted by Crippen LogP contribution is -2.49. The molecule has 0 N–H and O–H groups in total. The second kappa shape index (κ2) is 9.09. The van der Waals surface area contributed by atoms with E-state index in [1.807, 2.05) is 18.0 Å². The highest BCUT2D eigenvalue weighted by molar-refractivity contribution is 6.05. The molecule has 2 fully saturated rings.